The van der Waals surface area contributed by atoms with Crippen LogP contribution in [0.25, 0.3) is 0 Å². The van der Waals surface area contributed by atoms with Crippen LogP contribution in [-0.4, -0.2) is 72.3 Å². The zero-order valence-electron chi connectivity index (χ0n) is 14.3. The highest BCUT2D eigenvalue weighted by atomic mass is 127. The summed E-state index contributed by atoms with van der Waals surface area (Å²) in [4.78, 5) is 9.54. The lowest BCUT2D eigenvalue weighted by molar-refractivity contribution is 0.150. The molecule has 2 atom stereocenters. The zero-order chi connectivity index (χ0) is 15.2. The Hall–Kier alpha value is -0.0800. The molecule has 0 radical (unpaired) electrons. The van der Waals surface area contributed by atoms with Crippen molar-refractivity contribution in [3.63, 3.8) is 0 Å². The van der Waals surface area contributed by atoms with Crippen LogP contribution in [0.4, 0.5) is 0 Å². The predicted molar refractivity (Wildman–Crippen MR) is 103 cm³/mol. The number of β-amino-alcohol motifs (C(OH)–C–C–N with tert-alkyl or cyclic N) is 1. The number of guanidine groups is 1. The summed E-state index contributed by atoms with van der Waals surface area (Å²) >= 11 is 0. The topological polar surface area (TPSA) is 51.1 Å². The molecule has 0 aliphatic carbocycles. The Kier molecular flexibility index (Phi) is 9.01. The Morgan fingerprint density at radius 2 is 1.95 bits per heavy atom. The molecular formula is C16H33IN4O. The molecule has 2 saturated heterocycles. The SMILES string of the molecule is CCNC(=NCC(C)N1CCC(C)CC1)N1CC[C@@H](O)C1.I. The van der Waals surface area contributed by atoms with Gasteiger partial charge in [0.05, 0.1) is 12.6 Å². The van der Waals surface area contributed by atoms with Crippen LogP contribution in [-0.2, 0) is 0 Å². The molecule has 0 aromatic heterocycles. The molecule has 2 fully saturated rings. The third-order valence-electron chi connectivity index (χ3n) is 4.74. The Bertz CT molecular complexity index is 345. The molecule has 2 aliphatic heterocycles. The van der Waals surface area contributed by atoms with Gasteiger partial charge in [0.15, 0.2) is 5.96 Å². The van der Waals surface area contributed by atoms with Gasteiger partial charge in [-0.05, 0) is 52.1 Å². The quantitative estimate of drug-likeness (QED) is 0.410. The second-order valence-corrected chi connectivity index (χ2v) is 6.65. The highest BCUT2D eigenvalue weighted by Gasteiger charge is 2.24. The molecule has 0 aromatic rings. The molecule has 130 valence electrons. The highest BCUT2D eigenvalue weighted by Crippen LogP contribution is 2.18. The summed E-state index contributed by atoms with van der Waals surface area (Å²) in [5.74, 6) is 1.84. The van der Waals surface area contributed by atoms with E-state index in [1.807, 2.05) is 0 Å². The van der Waals surface area contributed by atoms with E-state index in [-0.39, 0.29) is 30.1 Å². The molecule has 2 aliphatic rings. The molecule has 22 heavy (non-hydrogen) atoms. The second kappa shape index (κ2) is 9.93. The number of halogens is 1. The number of piperidine rings is 1. The fraction of sp³-hybridized carbons (Fsp3) is 0.938. The molecule has 6 heteroatoms. The Morgan fingerprint density at radius 3 is 2.50 bits per heavy atom. The first-order valence-corrected chi connectivity index (χ1v) is 8.55. The summed E-state index contributed by atoms with van der Waals surface area (Å²) < 4.78 is 0. The lowest BCUT2D eigenvalue weighted by Crippen LogP contribution is -2.43. The number of nitrogens with zero attached hydrogens (tertiary/aromatic N) is 3. The van der Waals surface area contributed by atoms with Crippen LogP contribution in [0.3, 0.4) is 0 Å². The monoisotopic (exact) mass is 424 g/mol. The van der Waals surface area contributed by atoms with Crippen LogP contribution in [0.2, 0.25) is 0 Å². The summed E-state index contributed by atoms with van der Waals surface area (Å²) in [7, 11) is 0. The van der Waals surface area contributed by atoms with E-state index >= 15 is 0 Å². The fourth-order valence-electron chi connectivity index (χ4n) is 3.16. The molecule has 2 N–H and O–H groups in total. The standard InChI is InChI=1S/C16H32N4O.HI/c1-4-17-16(20-10-7-15(21)12-20)18-11-14(3)19-8-5-13(2)6-9-19;/h13-15,21H,4-12H2,1-3H3,(H,17,18);1H/t14?,15-;/m1./s1. The van der Waals surface area contributed by atoms with Gasteiger partial charge in [0.2, 0.25) is 0 Å². The van der Waals surface area contributed by atoms with E-state index in [1.54, 1.807) is 0 Å². The average Bonchev–Trinajstić information content (AvgIpc) is 2.90. The summed E-state index contributed by atoms with van der Waals surface area (Å²) in [6, 6.07) is 0.499. The van der Waals surface area contributed by atoms with Crippen LogP contribution in [0.5, 0.6) is 0 Å². The van der Waals surface area contributed by atoms with Gasteiger partial charge in [-0.1, -0.05) is 6.92 Å². The number of likely N-dealkylation sites (tertiary alicyclic amines) is 2. The summed E-state index contributed by atoms with van der Waals surface area (Å²) in [5, 5.41) is 13.0. The number of hydrogen-bond donors (Lipinski definition) is 2. The van der Waals surface area contributed by atoms with E-state index in [0.29, 0.717) is 12.6 Å². The van der Waals surface area contributed by atoms with Crippen LogP contribution in [0.1, 0.15) is 40.0 Å². The van der Waals surface area contributed by atoms with E-state index in [9.17, 15) is 5.11 Å². The minimum absolute atomic E-state index is 0. The van der Waals surface area contributed by atoms with Crippen molar-refractivity contribution in [1.82, 2.24) is 15.1 Å². The van der Waals surface area contributed by atoms with Gasteiger partial charge in [-0.25, -0.2) is 0 Å². The first-order valence-electron chi connectivity index (χ1n) is 8.55. The van der Waals surface area contributed by atoms with Crippen LogP contribution < -0.4 is 5.32 Å². The first kappa shape index (κ1) is 20.0. The first-order chi connectivity index (χ1) is 10.1. The Morgan fingerprint density at radius 1 is 1.27 bits per heavy atom. The molecule has 5 nitrogen and oxygen atoms in total. The van der Waals surface area contributed by atoms with Gasteiger partial charge in [0, 0.05) is 25.7 Å². The van der Waals surface area contributed by atoms with Gasteiger partial charge in [-0.3, -0.25) is 9.89 Å². The molecule has 0 aromatic carbocycles. The van der Waals surface area contributed by atoms with Gasteiger partial charge >= 0.3 is 0 Å². The molecule has 0 spiro atoms. The van der Waals surface area contributed by atoms with Gasteiger partial charge in [0.1, 0.15) is 0 Å². The van der Waals surface area contributed by atoms with Gasteiger partial charge in [-0.15, -0.1) is 24.0 Å². The molecule has 1 unspecified atom stereocenters. The molecule has 0 amide bonds. The zero-order valence-corrected chi connectivity index (χ0v) is 16.6. The maximum Gasteiger partial charge on any atom is 0.194 e. The third kappa shape index (κ3) is 5.85. The van der Waals surface area contributed by atoms with Gasteiger partial charge in [0.25, 0.3) is 0 Å². The summed E-state index contributed by atoms with van der Waals surface area (Å²) in [6.45, 7) is 12.5. The van der Waals surface area contributed by atoms with E-state index < -0.39 is 0 Å². The van der Waals surface area contributed by atoms with Crippen molar-refractivity contribution in [3.05, 3.63) is 0 Å². The maximum atomic E-state index is 9.69. The lowest BCUT2D eigenvalue weighted by Gasteiger charge is -2.34. The van der Waals surface area contributed by atoms with Crippen molar-refractivity contribution < 1.29 is 5.11 Å². The van der Waals surface area contributed by atoms with E-state index in [2.05, 4.69) is 35.9 Å². The van der Waals surface area contributed by atoms with Gasteiger partial charge in [-0.2, -0.15) is 0 Å². The van der Waals surface area contributed by atoms with Crippen molar-refractivity contribution in [2.75, 3.05) is 39.3 Å². The predicted octanol–water partition coefficient (Wildman–Crippen LogP) is 1.76. The van der Waals surface area contributed by atoms with Crippen molar-refractivity contribution in [2.45, 2.75) is 52.2 Å². The average molecular weight is 424 g/mol. The van der Waals surface area contributed by atoms with Crippen LogP contribution in [0, 0.1) is 5.92 Å². The number of aliphatic hydroxyl groups excluding tert-OH is 1. The molecular weight excluding hydrogens is 391 g/mol. The van der Waals surface area contributed by atoms with Crippen molar-refractivity contribution in [3.8, 4) is 0 Å². The highest BCUT2D eigenvalue weighted by molar-refractivity contribution is 14.0. The van der Waals surface area contributed by atoms with Crippen LogP contribution >= 0.6 is 24.0 Å². The smallest absolute Gasteiger partial charge is 0.194 e. The van der Waals surface area contributed by atoms with Crippen molar-refractivity contribution in [1.29, 1.82) is 0 Å². The number of nitrogens with one attached hydrogen (secondary N) is 1. The van der Waals surface area contributed by atoms with Crippen molar-refractivity contribution in [2.24, 2.45) is 10.9 Å². The number of aliphatic imine (C=N–C) groups is 1. The molecule has 0 saturated carbocycles. The van der Waals surface area contributed by atoms with E-state index in [4.69, 9.17) is 4.99 Å². The van der Waals surface area contributed by atoms with Gasteiger partial charge < -0.3 is 15.3 Å². The Labute approximate surface area is 152 Å². The minimum atomic E-state index is -0.199. The number of rotatable bonds is 4. The molecule has 0 bridgehead atoms. The van der Waals surface area contributed by atoms with Crippen molar-refractivity contribution >= 4 is 29.9 Å². The van der Waals surface area contributed by atoms with E-state index in [1.165, 1.54) is 25.9 Å². The normalized spacial score (nSPS) is 25.9. The molecule has 2 heterocycles. The second-order valence-electron chi connectivity index (χ2n) is 6.65. The minimum Gasteiger partial charge on any atom is -0.391 e. The molecule has 2 rings (SSSR count). The Balaban J connectivity index is 0.00000242. The lowest BCUT2D eigenvalue weighted by atomic mass is 9.98. The fourth-order valence-corrected chi connectivity index (χ4v) is 3.16. The largest absolute Gasteiger partial charge is 0.391 e. The summed E-state index contributed by atoms with van der Waals surface area (Å²) in [5.41, 5.74) is 0. The number of hydrogen-bond acceptors (Lipinski definition) is 3. The maximum absolute atomic E-state index is 9.69. The number of aliphatic hydroxyl groups is 1. The van der Waals surface area contributed by atoms with Crippen LogP contribution in [0.15, 0.2) is 4.99 Å². The van der Waals surface area contributed by atoms with E-state index in [0.717, 1.165) is 37.9 Å². The third-order valence-corrected chi connectivity index (χ3v) is 4.74. The summed E-state index contributed by atoms with van der Waals surface area (Å²) in [6.07, 6.45) is 3.28.